The summed E-state index contributed by atoms with van der Waals surface area (Å²) >= 11 is 0. The normalized spacial score (nSPS) is 10.5. The fraction of sp³-hybridized carbons (Fsp3) is 0.571. The number of nitrogen functional groups attached to an aromatic ring is 1. The van der Waals surface area contributed by atoms with Crippen molar-refractivity contribution in [1.29, 1.82) is 0 Å². The topological polar surface area (TPSA) is 53.1 Å². The van der Waals surface area contributed by atoms with Crippen LogP contribution >= 0.6 is 0 Å². The average Bonchev–Trinajstić information content (AvgIpc) is 2.30. The number of imidazole rings is 1. The molecule has 0 saturated carbocycles. The maximum Gasteiger partial charge on any atom is 0.297 e. The largest absolute Gasteiger partial charge is 0.468 e. The van der Waals surface area contributed by atoms with E-state index in [1.807, 2.05) is 18.4 Å². The van der Waals surface area contributed by atoms with Gasteiger partial charge < -0.3 is 10.5 Å². The number of nitrogens with zero attached hydrogens (tertiary/aromatic N) is 2. The zero-order chi connectivity index (χ0) is 8.43. The van der Waals surface area contributed by atoms with E-state index in [9.17, 15) is 0 Å². The first kappa shape index (κ1) is 7.91. The second-order valence-electron chi connectivity index (χ2n) is 2.63. The molecule has 0 aliphatic carbocycles. The van der Waals surface area contributed by atoms with Crippen LogP contribution in [0, 0.1) is 0 Å². The smallest absolute Gasteiger partial charge is 0.297 e. The minimum absolute atomic E-state index is 0.285. The third kappa shape index (κ3) is 1.29. The van der Waals surface area contributed by atoms with Crippen LogP contribution in [0.25, 0.3) is 0 Å². The standard InChI is InChI=1S/C7H13N3O/c1-5(2)10-6(8)4-9-7(10)11-3/h4-5H,8H2,1-3H3. The van der Waals surface area contributed by atoms with Crippen molar-refractivity contribution in [3.8, 4) is 6.01 Å². The van der Waals surface area contributed by atoms with Crippen LogP contribution in [-0.4, -0.2) is 16.7 Å². The molecule has 0 atom stereocenters. The number of rotatable bonds is 2. The maximum atomic E-state index is 5.64. The number of aromatic nitrogens is 2. The first-order valence-electron chi connectivity index (χ1n) is 3.53. The van der Waals surface area contributed by atoms with Gasteiger partial charge in [0.2, 0.25) is 0 Å². The summed E-state index contributed by atoms with van der Waals surface area (Å²) in [5.41, 5.74) is 5.64. The molecule has 4 nitrogen and oxygen atoms in total. The number of anilines is 1. The molecule has 1 aromatic heterocycles. The van der Waals surface area contributed by atoms with Crippen molar-refractivity contribution in [3.63, 3.8) is 0 Å². The number of methoxy groups -OCH3 is 1. The first-order chi connectivity index (χ1) is 5.16. The van der Waals surface area contributed by atoms with Gasteiger partial charge in [0.15, 0.2) is 0 Å². The van der Waals surface area contributed by atoms with Crippen molar-refractivity contribution in [1.82, 2.24) is 9.55 Å². The van der Waals surface area contributed by atoms with Crippen LogP contribution in [-0.2, 0) is 0 Å². The number of nitrogens with two attached hydrogens (primary N) is 1. The highest BCUT2D eigenvalue weighted by atomic mass is 16.5. The van der Waals surface area contributed by atoms with Crippen LogP contribution in [0.5, 0.6) is 6.01 Å². The molecular weight excluding hydrogens is 142 g/mol. The first-order valence-corrected chi connectivity index (χ1v) is 3.53. The lowest BCUT2D eigenvalue weighted by Crippen LogP contribution is -2.06. The Bertz CT molecular complexity index is 242. The van der Waals surface area contributed by atoms with Crippen molar-refractivity contribution in [3.05, 3.63) is 6.20 Å². The van der Waals surface area contributed by atoms with Crippen molar-refractivity contribution < 1.29 is 4.74 Å². The van der Waals surface area contributed by atoms with Crippen LogP contribution < -0.4 is 10.5 Å². The number of hydrogen-bond acceptors (Lipinski definition) is 3. The summed E-state index contributed by atoms with van der Waals surface area (Å²) in [6.45, 7) is 4.06. The van der Waals surface area contributed by atoms with Crippen LogP contribution in [0.4, 0.5) is 5.82 Å². The predicted molar refractivity (Wildman–Crippen MR) is 43.6 cm³/mol. The van der Waals surface area contributed by atoms with Crippen LogP contribution in [0.1, 0.15) is 19.9 Å². The van der Waals surface area contributed by atoms with Gasteiger partial charge >= 0.3 is 0 Å². The average molecular weight is 155 g/mol. The summed E-state index contributed by atoms with van der Waals surface area (Å²) in [5, 5.41) is 0. The Labute approximate surface area is 66.0 Å². The van der Waals surface area contributed by atoms with Gasteiger partial charge in [-0.15, -0.1) is 0 Å². The molecular formula is C7H13N3O. The molecule has 0 aliphatic rings. The Kier molecular flexibility index (Phi) is 2.03. The van der Waals surface area contributed by atoms with Crippen LogP contribution in [0.3, 0.4) is 0 Å². The van der Waals surface area contributed by atoms with Crippen molar-refractivity contribution in [2.75, 3.05) is 12.8 Å². The van der Waals surface area contributed by atoms with E-state index in [0.717, 1.165) is 0 Å². The Morgan fingerprint density at radius 1 is 1.64 bits per heavy atom. The molecule has 2 N–H and O–H groups in total. The molecule has 0 aromatic carbocycles. The molecule has 0 radical (unpaired) electrons. The molecule has 0 bridgehead atoms. The summed E-state index contributed by atoms with van der Waals surface area (Å²) in [6, 6.07) is 0.852. The minimum Gasteiger partial charge on any atom is -0.468 e. The second kappa shape index (κ2) is 2.82. The van der Waals surface area contributed by atoms with E-state index in [4.69, 9.17) is 10.5 Å². The van der Waals surface area contributed by atoms with Gasteiger partial charge in [-0.2, -0.15) is 0 Å². The molecule has 0 aliphatic heterocycles. The lowest BCUT2D eigenvalue weighted by Gasteiger charge is -2.11. The Morgan fingerprint density at radius 2 is 2.27 bits per heavy atom. The highest BCUT2D eigenvalue weighted by Crippen LogP contribution is 2.20. The minimum atomic E-state index is 0.285. The molecule has 11 heavy (non-hydrogen) atoms. The molecule has 0 saturated heterocycles. The summed E-state index contributed by atoms with van der Waals surface area (Å²) < 4.78 is 6.83. The zero-order valence-electron chi connectivity index (χ0n) is 7.03. The fourth-order valence-electron chi connectivity index (χ4n) is 1.03. The van der Waals surface area contributed by atoms with E-state index in [1.165, 1.54) is 0 Å². The second-order valence-corrected chi connectivity index (χ2v) is 2.63. The van der Waals surface area contributed by atoms with Gasteiger partial charge in [0, 0.05) is 6.04 Å². The molecule has 1 rings (SSSR count). The van der Waals surface area contributed by atoms with E-state index in [2.05, 4.69) is 4.98 Å². The van der Waals surface area contributed by atoms with E-state index in [-0.39, 0.29) is 6.04 Å². The van der Waals surface area contributed by atoms with Crippen molar-refractivity contribution in [2.45, 2.75) is 19.9 Å². The quantitative estimate of drug-likeness (QED) is 0.694. The van der Waals surface area contributed by atoms with Gasteiger partial charge in [0.05, 0.1) is 13.3 Å². The Hall–Kier alpha value is -1.19. The Morgan fingerprint density at radius 3 is 2.64 bits per heavy atom. The molecule has 4 heteroatoms. The maximum absolute atomic E-state index is 5.64. The highest BCUT2D eigenvalue weighted by molar-refractivity contribution is 5.30. The van der Waals surface area contributed by atoms with E-state index in [0.29, 0.717) is 11.8 Å². The van der Waals surface area contributed by atoms with Gasteiger partial charge in [0.25, 0.3) is 6.01 Å². The lowest BCUT2D eigenvalue weighted by molar-refractivity contribution is 0.348. The van der Waals surface area contributed by atoms with Gasteiger partial charge in [-0.1, -0.05) is 0 Å². The third-order valence-corrected chi connectivity index (χ3v) is 1.49. The SMILES string of the molecule is COc1ncc(N)n1C(C)C. The van der Waals surface area contributed by atoms with Crippen molar-refractivity contribution in [2.24, 2.45) is 0 Å². The molecule has 0 amide bonds. The summed E-state index contributed by atoms with van der Waals surface area (Å²) in [7, 11) is 1.58. The van der Waals surface area contributed by atoms with Crippen LogP contribution in [0.2, 0.25) is 0 Å². The monoisotopic (exact) mass is 155 g/mol. The highest BCUT2D eigenvalue weighted by Gasteiger charge is 2.09. The molecule has 1 aromatic rings. The van der Waals surface area contributed by atoms with Gasteiger partial charge in [0.1, 0.15) is 5.82 Å². The lowest BCUT2D eigenvalue weighted by atomic mass is 10.4. The molecule has 0 spiro atoms. The molecule has 1 heterocycles. The molecule has 0 unspecified atom stereocenters. The van der Waals surface area contributed by atoms with E-state index >= 15 is 0 Å². The Balaban J connectivity index is 3.07. The number of hydrogen-bond donors (Lipinski definition) is 1. The predicted octanol–water partition coefficient (Wildman–Crippen LogP) is 1.05. The summed E-state index contributed by atoms with van der Waals surface area (Å²) in [6.07, 6.45) is 1.60. The molecule has 0 fully saturated rings. The zero-order valence-corrected chi connectivity index (χ0v) is 7.03. The number of ether oxygens (including phenoxy) is 1. The van der Waals surface area contributed by atoms with Gasteiger partial charge in [-0.3, -0.25) is 4.57 Å². The van der Waals surface area contributed by atoms with E-state index in [1.54, 1.807) is 13.3 Å². The third-order valence-electron chi connectivity index (χ3n) is 1.49. The summed E-state index contributed by atoms with van der Waals surface area (Å²) in [5.74, 6) is 0.636. The molecule has 62 valence electrons. The fourth-order valence-corrected chi connectivity index (χ4v) is 1.03. The van der Waals surface area contributed by atoms with Gasteiger partial charge in [-0.25, -0.2) is 4.98 Å². The van der Waals surface area contributed by atoms with E-state index < -0.39 is 0 Å². The summed E-state index contributed by atoms with van der Waals surface area (Å²) in [4.78, 5) is 3.97. The van der Waals surface area contributed by atoms with Gasteiger partial charge in [-0.05, 0) is 13.8 Å². The van der Waals surface area contributed by atoms with Crippen LogP contribution in [0.15, 0.2) is 6.20 Å². The van der Waals surface area contributed by atoms with Crippen molar-refractivity contribution >= 4 is 5.82 Å².